The largest absolute Gasteiger partial charge is 0.460 e. The van der Waals surface area contributed by atoms with Crippen LogP contribution in [0.1, 0.15) is 32.6 Å². The maximum Gasteiger partial charge on any atom is 0.460 e. The van der Waals surface area contributed by atoms with Gasteiger partial charge in [-0.15, -0.1) is 0 Å². The van der Waals surface area contributed by atoms with Crippen LogP contribution in [0.4, 0.5) is 57.1 Å². The molecular weight excluding hydrogens is 471 g/mol. The second-order valence-corrected chi connectivity index (χ2v) is 13.3. The average Bonchev–Trinajstić information content (AvgIpc) is 2.51. The van der Waals surface area contributed by atoms with Crippen molar-refractivity contribution in [2.45, 2.75) is 93.3 Å². The van der Waals surface area contributed by atoms with E-state index in [4.69, 9.17) is 0 Å². The van der Waals surface area contributed by atoms with Crippen molar-refractivity contribution in [2.24, 2.45) is 0 Å². The highest BCUT2D eigenvalue weighted by Gasteiger charge is 2.92. The summed E-state index contributed by atoms with van der Waals surface area (Å²) in [5, 5.41) is 6.24. The van der Waals surface area contributed by atoms with Crippen molar-refractivity contribution in [3.8, 4) is 0 Å². The quantitative estimate of drug-likeness (QED) is 0.200. The smallest absolute Gasteiger partial charge is 0.387 e. The fourth-order valence-corrected chi connectivity index (χ4v) is 4.69. The van der Waals surface area contributed by atoms with E-state index >= 15 is 0 Å². The molecule has 0 aliphatic heterocycles. The molecule has 182 valence electrons. The molecule has 0 radical (unpaired) electrons. The third-order valence-electron chi connectivity index (χ3n) is 4.84. The van der Waals surface area contributed by atoms with Gasteiger partial charge in [0.1, 0.15) is 5.22 Å². The van der Waals surface area contributed by atoms with Crippen molar-refractivity contribution in [2.75, 3.05) is 0 Å². The molecule has 0 aromatic carbocycles. The molecule has 15 heteroatoms. The Labute approximate surface area is 164 Å². The summed E-state index contributed by atoms with van der Waals surface area (Å²) in [6, 6.07) is 0. The average molecular weight is 492 g/mol. The van der Waals surface area contributed by atoms with Gasteiger partial charge in [0.05, 0.1) is 8.07 Å². The van der Waals surface area contributed by atoms with E-state index in [1.165, 1.54) is 6.92 Å². The highest BCUT2D eigenvalue weighted by Crippen LogP contribution is 2.62. The van der Waals surface area contributed by atoms with E-state index in [0.29, 0.717) is 0 Å². The predicted octanol–water partition coefficient (Wildman–Crippen LogP) is 6.91. The Balaban J connectivity index is 6.71. The lowest BCUT2D eigenvalue weighted by molar-refractivity contribution is -0.446. The monoisotopic (exact) mass is 492 g/mol. The lowest BCUT2D eigenvalue weighted by atomic mass is 9.89. The van der Waals surface area contributed by atoms with Gasteiger partial charge in [0.2, 0.25) is 0 Å². The topological polar surface area (TPSA) is 20.2 Å². The predicted molar refractivity (Wildman–Crippen MR) is 83.2 cm³/mol. The summed E-state index contributed by atoms with van der Waals surface area (Å²) in [5.41, 5.74) is 0. The van der Waals surface area contributed by atoms with Crippen molar-refractivity contribution < 1.29 is 62.2 Å². The third-order valence-corrected chi connectivity index (χ3v) is 7.88. The van der Waals surface area contributed by atoms with E-state index in [9.17, 15) is 62.2 Å². The second-order valence-electron chi connectivity index (χ2n) is 7.94. The first-order chi connectivity index (χ1) is 12.8. The Morgan fingerprint density at radius 1 is 0.567 bits per heavy atom. The fourth-order valence-electron chi connectivity index (χ4n) is 2.66. The number of rotatable bonds is 10. The summed E-state index contributed by atoms with van der Waals surface area (Å²) in [6.07, 6.45) is -8.91. The van der Waals surface area contributed by atoms with Crippen molar-refractivity contribution in [3.63, 3.8) is 0 Å². The lowest BCUT2D eigenvalue weighted by Crippen LogP contribution is -2.77. The first kappa shape index (κ1) is 29.3. The van der Waals surface area contributed by atoms with Crippen LogP contribution in [0.25, 0.3) is 0 Å². The molecule has 0 amide bonds. The SMILES string of the molecule is CCCCCC(O)(C(F)(F)C(F)(F)C(F)(F)C(F)(F)C(F)(F)C(F)(F)F)[Si](C)(C)C. The molecule has 1 unspecified atom stereocenters. The van der Waals surface area contributed by atoms with Crippen molar-refractivity contribution >= 4 is 8.07 Å². The Morgan fingerprint density at radius 3 is 1.20 bits per heavy atom. The summed E-state index contributed by atoms with van der Waals surface area (Å²) >= 11 is 0. The highest BCUT2D eigenvalue weighted by molar-refractivity contribution is 6.79. The van der Waals surface area contributed by atoms with Crippen LogP contribution >= 0.6 is 0 Å². The molecule has 0 aliphatic carbocycles. The molecule has 0 fully saturated rings. The van der Waals surface area contributed by atoms with Crippen LogP contribution in [0.3, 0.4) is 0 Å². The summed E-state index contributed by atoms with van der Waals surface area (Å²) in [6.45, 7) is 3.89. The first-order valence-electron chi connectivity index (χ1n) is 8.49. The Hall–Kier alpha value is -0.733. The maximum absolute atomic E-state index is 14.6. The Kier molecular flexibility index (Phi) is 7.80. The van der Waals surface area contributed by atoms with Crippen LogP contribution in [-0.2, 0) is 0 Å². The molecule has 0 aromatic heterocycles. The Morgan fingerprint density at radius 2 is 0.900 bits per heavy atom. The van der Waals surface area contributed by atoms with Gasteiger partial charge in [0.15, 0.2) is 0 Å². The van der Waals surface area contributed by atoms with Crippen LogP contribution in [0.15, 0.2) is 0 Å². The standard InChI is InChI=1S/C15H21F13OSi/c1-5-6-7-8-9(29,30(2,3)4)10(16,17)11(18,19)12(20,21)13(22,23)14(24,25)15(26,27)28/h29H,5-8H2,1-4H3. The lowest BCUT2D eigenvalue weighted by Gasteiger charge is -2.49. The summed E-state index contributed by atoms with van der Waals surface area (Å²) in [4.78, 5) is 0. The minimum absolute atomic E-state index is 0.0210. The molecule has 1 N–H and O–H groups in total. The van der Waals surface area contributed by atoms with E-state index in [1.54, 1.807) is 0 Å². The first-order valence-corrected chi connectivity index (χ1v) is 12.0. The van der Waals surface area contributed by atoms with Gasteiger partial charge in [-0.25, -0.2) is 0 Å². The van der Waals surface area contributed by atoms with Gasteiger partial charge in [-0.1, -0.05) is 45.8 Å². The minimum Gasteiger partial charge on any atom is -0.387 e. The van der Waals surface area contributed by atoms with Crippen molar-refractivity contribution in [1.82, 2.24) is 0 Å². The number of aliphatic hydroxyl groups is 1. The minimum atomic E-state index is -7.96. The van der Waals surface area contributed by atoms with Crippen LogP contribution in [0.5, 0.6) is 0 Å². The van der Waals surface area contributed by atoms with Gasteiger partial charge in [0.25, 0.3) is 0 Å². The summed E-state index contributed by atoms with van der Waals surface area (Å²) in [7, 11) is -4.09. The molecule has 30 heavy (non-hydrogen) atoms. The van der Waals surface area contributed by atoms with E-state index in [-0.39, 0.29) is 12.8 Å². The Bertz CT molecular complexity index is 594. The molecule has 1 nitrogen and oxygen atoms in total. The highest BCUT2D eigenvalue weighted by atomic mass is 28.3. The van der Waals surface area contributed by atoms with E-state index in [1.807, 2.05) is 0 Å². The summed E-state index contributed by atoms with van der Waals surface area (Å²) < 4.78 is 174. The van der Waals surface area contributed by atoms with Crippen LogP contribution in [0, 0.1) is 0 Å². The van der Waals surface area contributed by atoms with E-state index in [2.05, 4.69) is 0 Å². The van der Waals surface area contributed by atoms with E-state index < -0.39 is 61.9 Å². The van der Waals surface area contributed by atoms with Gasteiger partial charge in [-0.05, 0) is 6.42 Å². The number of hydrogen-bond acceptors (Lipinski definition) is 1. The van der Waals surface area contributed by atoms with Crippen LogP contribution < -0.4 is 0 Å². The van der Waals surface area contributed by atoms with Gasteiger partial charge >= 0.3 is 35.8 Å². The van der Waals surface area contributed by atoms with E-state index in [0.717, 1.165) is 19.6 Å². The number of hydrogen-bond donors (Lipinski definition) is 1. The molecule has 0 heterocycles. The van der Waals surface area contributed by atoms with Crippen LogP contribution in [0.2, 0.25) is 19.6 Å². The molecule has 0 saturated heterocycles. The molecule has 0 bridgehead atoms. The third kappa shape index (κ3) is 4.04. The summed E-state index contributed by atoms with van der Waals surface area (Å²) in [5.74, 6) is -37.6. The number of unbranched alkanes of at least 4 members (excludes halogenated alkanes) is 2. The zero-order chi connectivity index (χ0) is 24.8. The molecular formula is C15H21F13OSi. The van der Waals surface area contributed by atoms with Crippen molar-refractivity contribution in [3.05, 3.63) is 0 Å². The zero-order valence-electron chi connectivity index (χ0n) is 16.2. The van der Waals surface area contributed by atoms with Gasteiger partial charge in [-0.2, -0.15) is 57.1 Å². The molecule has 0 rings (SSSR count). The van der Waals surface area contributed by atoms with Gasteiger partial charge in [-0.3, -0.25) is 0 Å². The normalized spacial score (nSPS) is 17.8. The number of alkyl halides is 13. The number of halogens is 13. The second kappa shape index (κ2) is 8.00. The van der Waals surface area contributed by atoms with Gasteiger partial charge < -0.3 is 5.11 Å². The maximum atomic E-state index is 14.6. The molecule has 1 atom stereocenters. The molecule has 0 spiro atoms. The van der Waals surface area contributed by atoms with Crippen LogP contribution in [-0.4, -0.2) is 54.2 Å². The zero-order valence-corrected chi connectivity index (χ0v) is 17.2. The molecule has 0 aromatic rings. The molecule has 0 saturated carbocycles. The van der Waals surface area contributed by atoms with Gasteiger partial charge in [0, 0.05) is 0 Å². The fraction of sp³-hybridized carbons (Fsp3) is 1.00. The van der Waals surface area contributed by atoms with Crippen molar-refractivity contribution in [1.29, 1.82) is 0 Å². The molecule has 0 aliphatic rings.